The molecule has 4 nitrogen and oxygen atoms in total. The molecule has 0 fully saturated rings. The van der Waals surface area contributed by atoms with E-state index in [1.54, 1.807) is 6.07 Å². The van der Waals surface area contributed by atoms with Crippen molar-refractivity contribution in [2.45, 2.75) is 6.92 Å². The second-order valence-corrected chi connectivity index (χ2v) is 4.88. The summed E-state index contributed by atoms with van der Waals surface area (Å²) in [5, 5.41) is 6.87. The number of hydrogen-bond donors (Lipinski definition) is 2. The maximum absolute atomic E-state index is 12.3. The van der Waals surface area contributed by atoms with Crippen molar-refractivity contribution in [1.29, 1.82) is 0 Å². The van der Waals surface area contributed by atoms with Gasteiger partial charge in [-0.1, -0.05) is 18.2 Å². The van der Waals surface area contributed by atoms with Crippen LogP contribution < -0.4 is 10.6 Å². The smallest absolute Gasteiger partial charge is 0.291 e. The van der Waals surface area contributed by atoms with E-state index >= 15 is 0 Å². The van der Waals surface area contributed by atoms with Crippen LogP contribution >= 0.6 is 0 Å². The summed E-state index contributed by atoms with van der Waals surface area (Å²) >= 11 is 0. The molecule has 0 aliphatic carbocycles. The predicted octanol–water partition coefficient (Wildman–Crippen LogP) is 4.04. The van der Waals surface area contributed by atoms with Gasteiger partial charge in [0, 0.05) is 23.8 Å². The fourth-order valence-corrected chi connectivity index (χ4v) is 2.24. The molecule has 3 rings (SSSR count). The summed E-state index contributed by atoms with van der Waals surface area (Å²) in [6, 6.07) is 15.1. The first-order valence-corrected chi connectivity index (χ1v) is 6.76. The fraction of sp³-hybridized carbons (Fsp3) is 0.118. The van der Waals surface area contributed by atoms with Crippen LogP contribution in [0.3, 0.4) is 0 Å². The van der Waals surface area contributed by atoms with Crippen LogP contribution in [0.5, 0.6) is 0 Å². The van der Waals surface area contributed by atoms with E-state index in [-0.39, 0.29) is 5.91 Å². The summed E-state index contributed by atoms with van der Waals surface area (Å²) in [5.41, 5.74) is 3.49. The van der Waals surface area contributed by atoms with Gasteiger partial charge in [-0.25, -0.2) is 0 Å². The van der Waals surface area contributed by atoms with Crippen LogP contribution in [0.15, 0.2) is 52.9 Å². The van der Waals surface area contributed by atoms with Crippen LogP contribution in [-0.4, -0.2) is 13.0 Å². The summed E-state index contributed by atoms with van der Waals surface area (Å²) < 4.78 is 5.56. The summed E-state index contributed by atoms with van der Waals surface area (Å²) in [7, 11) is 1.86. The lowest BCUT2D eigenvalue weighted by Crippen LogP contribution is -2.11. The van der Waals surface area contributed by atoms with Gasteiger partial charge in [-0.15, -0.1) is 0 Å². The van der Waals surface area contributed by atoms with Crippen molar-refractivity contribution in [3.63, 3.8) is 0 Å². The third kappa shape index (κ3) is 2.60. The van der Waals surface area contributed by atoms with Crippen LogP contribution in [0, 0.1) is 6.92 Å². The molecule has 4 heteroatoms. The van der Waals surface area contributed by atoms with Crippen LogP contribution in [0.2, 0.25) is 0 Å². The molecule has 0 aliphatic rings. The zero-order valence-corrected chi connectivity index (χ0v) is 11.9. The van der Waals surface area contributed by atoms with Gasteiger partial charge in [-0.2, -0.15) is 0 Å². The number of rotatable bonds is 3. The van der Waals surface area contributed by atoms with E-state index in [2.05, 4.69) is 10.6 Å². The molecule has 0 spiro atoms. The van der Waals surface area contributed by atoms with Gasteiger partial charge in [0.1, 0.15) is 5.58 Å². The number of anilines is 2. The molecule has 0 aliphatic heterocycles. The Morgan fingerprint density at radius 2 is 1.90 bits per heavy atom. The van der Waals surface area contributed by atoms with E-state index in [0.29, 0.717) is 11.3 Å². The highest BCUT2D eigenvalue weighted by atomic mass is 16.3. The molecule has 0 atom stereocenters. The Hall–Kier alpha value is -2.75. The number of carbonyl (C=O) groups excluding carboxylic acids is 1. The Morgan fingerprint density at radius 1 is 1.10 bits per heavy atom. The van der Waals surface area contributed by atoms with Crippen molar-refractivity contribution in [1.82, 2.24) is 0 Å². The number of para-hydroxylation sites is 1. The largest absolute Gasteiger partial charge is 0.451 e. The van der Waals surface area contributed by atoms with E-state index in [1.807, 2.05) is 56.4 Å². The Kier molecular flexibility index (Phi) is 3.36. The normalized spacial score (nSPS) is 10.6. The molecule has 3 aromatic rings. The number of nitrogens with one attached hydrogen (secondary N) is 2. The highest BCUT2D eigenvalue weighted by Crippen LogP contribution is 2.22. The molecule has 106 valence electrons. The first kappa shape index (κ1) is 13.2. The van der Waals surface area contributed by atoms with E-state index in [0.717, 1.165) is 22.3 Å². The second kappa shape index (κ2) is 5.32. The minimum absolute atomic E-state index is 0.244. The molecule has 1 heterocycles. The van der Waals surface area contributed by atoms with Crippen molar-refractivity contribution >= 4 is 28.3 Å². The minimum atomic E-state index is -0.244. The zero-order chi connectivity index (χ0) is 14.8. The molecule has 1 aromatic heterocycles. The third-order valence-corrected chi connectivity index (χ3v) is 3.41. The average molecular weight is 280 g/mol. The van der Waals surface area contributed by atoms with Crippen LogP contribution in [0.1, 0.15) is 16.1 Å². The third-order valence-electron chi connectivity index (χ3n) is 3.41. The number of fused-ring (bicyclic) bond motifs is 1. The van der Waals surface area contributed by atoms with Gasteiger partial charge in [0.2, 0.25) is 0 Å². The molecule has 2 aromatic carbocycles. The van der Waals surface area contributed by atoms with E-state index in [1.165, 1.54) is 0 Å². The lowest BCUT2D eigenvalue weighted by atomic mass is 10.1. The van der Waals surface area contributed by atoms with Gasteiger partial charge in [-0.05, 0) is 42.8 Å². The van der Waals surface area contributed by atoms with Crippen molar-refractivity contribution in [3.8, 4) is 0 Å². The lowest BCUT2D eigenvalue weighted by molar-refractivity contribution is 0.0998. The highest BCUT2D eigenvalue weighted by Gasteiger charge is 2.13. The summed E-state index contributed by atoms with van der Waals surface area (Å²) in [4.78, 5) is 12.3. The zero-order valence-electron chi connectivity index (χ0n) is 11.9. The molecule has 21 heavy (non-hydrogen) atoms. The number of amides is 1. The van der Waals surface area contributed by atoms with E-state index in [4.69, 9.17) is 4.42 Å². The Balaban J connectivity index is 1.85. The molecule has 0 unspecified atom stereocenters. The van der Waals surface area contributed by atoms with Crippen LogP contribution in [-0.2, 0) is 0 Å². The second-order valence-electron chi connectivity index (χ2n) is 4.88. The number of hydrogen-bond acceptors (Lipinski definition) is 3. The first-order valence-electron chi connectivity index (χ1n) is 6.76. The summed E-state index contributed by atoms with van der Waals surface area (Å²) in [5.74, 6) is 0.0693. The van der Waals surface area contributed by atoms with Crippen molar-refractivity contribution in [3.05, 3.63) is 59.9 Å². The highest BCUT2D eigenvalue weighted by molar-refractivity contribution is 6.05. The Morgan fingerprint density at radius 3 is 2.62 bits per heavy atom. The van der Waals surface area contributed by atoms with Gasteiger partial charge in [0.15, 0.2) is 5.76 Å². The molecule has 1 amide bonds. The number of carbonyl (C=O) groups is 1. The molecule has 2 N–H and O–H groups in total. The van der Waals surface area contributed by atoms with Gasteiger partial charge in [0.25, 0.3) is 5.91 Å². The maximum Gasteiger partial charge on any atom is 0.291 e. The van der Waals surface area contributed by atoms with E-state index in [9.17, 15) is 4.79 Å². The van der Waals surface area contributed by atoms with Crippen molar-refractivity contribution in [2.75, 3.05) is 17.7 Å². The van der Waals surface area contributed by atoms with Gasteiger partial charge in [-0.3, -0.25) is 4.79 Å². The molecule has 0 radical (unpaired) electrons. The van der Waals surface area contributed by atoms with Crippen LogP contribution in [0.25, 0.3) is 11.0 Å². The molecular formula is C17H16N2O2. The maximum atomic E-state index is 12.3. The predicted molar refractivity (Wildman–Crippen MR) is 84.9 cm³/mol. The number of benzene rings is 2. The summed E-state index contributed by atoms with van der Waals surface area (Å²) in [6.07, 6.45) is 0. The topological polar surface area (TPSA) is 54.3 Å². The van der Waals surface area contributed by atoms with Gasteiger partial charge in [0.05, 0.1) is 0 Å². The quantitative estimate of drug-likeness (QED) is 0.761. The monoisotopic (exact) mass is 280 g/mol. The van der Waals surface area contributed by atoms with Crippen LogP contribution in [0.4, 0.5) is 11.4 Å². The van der Waals surface area contributed by atoms with E-state index < -0.39 is 0 Å². The molecule has 0 bridgehead atoms. The number of furan rings is 1. The fourth-order valence-electron chi connectivity index (χ4n) is 2.24. The van der Waals surface area contributed by atoms with Crippen molar-refractivity contribution < 1.29 is 9.21 Å². The number of aryl methyl sites for hydroxylation is 1. The van der Waals surface area contributed by atoms with Gasteiger partial charge >= 0.3 is 0 Å². The minimum Gasteiger partial charge on any atom is -0.451 e. The van der Waals surface area contributed by atoms with Gasteiger partial charge < -0.3 is 15.1 Å². The lowest BCUT2D eigenvalue weighted by Gasteiger charge is -2.09. The SMILES string of the molecule is CNc1ccc(NC(=O)c2cc3ccccc3o2)c(C)c1. The first-order chi connectivity index (χ1) is 10.2. The molecule has 0 saturated heterocycles. The molecule has 0 saturated carbocycles. The standard InChI is InChI=1S/C17H16N2O2/c1-11-9-13(18-2)7-8-14(11)19-17(20)16-10-12-5-3-4-6-15(12)21-16/h3-10,18H,1-2H3,(H,19,20). The summed E-state index contributed by atoms with van der Waals surface area (Å²) in [6.45, 7) is 1.95. The van der Waals surface area contributed by atoms with Crippen molar-refractivity contribution in [2.24, 2.45) is 0 Å². The Labute approximate surface area is 122 Å². The Bertz CT molecular complexity index is 772. The molecular weight excluding hydrogens is 264 g/mol. The average Bonchev–Trinajstić information content (AvgIpc) is 2.93.